The predicted molar refractivity (Wildman–Crippen MR) is 85.5 cm³/mol. The van der Waals surface area contributed by atoms with Crippen molar-refractivity contribution in [2.75, 3.05) is 6.54 Å². The maximum absolute atomic E-state index is 12.2. The van der Waals surface area contributed by atoms with Gasteiger partial charge in [0.25, 0.3) is 0 Å². The van der Waals surface area contributed by atoms with Gasteiger partial charge in [-0.1, -0.05) is 31.1 Å². The fraction of sp³-hybridized carbons (Fsp3) is 0.467. The number of benzene rings is 1. The number of hydrogen-bond donors (Lipinski definition) is 2. The Bertz CT molecular complexity index is 585. The summed E-state index contributed by atoms with van der Waals surface area (Å²) < 4.78 is 5.20. The molecule has 0 aliphatic heterocycles. The van der Waals surface area contributed by atoms with Crippen molar-refractivity contribution in [1.82, 2.24) is 10.5 Å². The van der Waals surface area contributed by atoms with Crippen LogP contribution in [0.15, 0.2) is 28.8 Å². The molecule has 0 aliphatic carbocycles. The summed E-state index contributed by atoms with van der Waals surface area (Å²) in [5, 5.41) is 7.90. The number of para-hydroxylation sites is 1. The van der Waals surface area contributed by atoms with Crippen LogP contribution in [0.3, 0.4) is 0 Å². The van der Waals surface area contributed by atoms with Crippen molar-refractivity contribution in [3.8, 4) is 0 Å². The van der Waals surface area contributed by atoms with E-state index in [2.05, 4.69) is 10.5 Å². The summed E-state index contributed by atoms with van der Waals surface area (Å²) >= 11 is 0. The second-order valence-corrected chi connectivity index (χ2v) is 5.04. The standard InChI is InChI=1S/C15H21N3O2.ClH/c1-3-15(4-2,10-16)17-14(19)9-12-11-7-5-6-8-13(11)20-18-12;/h5-8H,3-4,9-10,16H2,1-2H3,(H,17,19);1H. The van der Waals surface area contributed by atoms with Gasteiger partial charge in [0, 0.05) is 11.9 Å². The van der Waals surface area contributed by atoms with E-state index in [4.69, 9.17) is 10.3 Å². The van der Waals surface area contributed by atoms with Gasteiger partial charge in [0.2, 0.25) is 5.91 Å². The van der Waals surface area contributed by atoms with Crippen LogP contribution in [0, 0.1) is 0 Å². The summed E-state index contributed by atoms with van der Waals surface area (Å²) in [5.41, 5.74) is 6.83. The summed E-state index contributed by atoms with van der Waals surface area (Å²) in [4.78, 5) is 12.2. The Hall–Kier alpha value is -1.59. The molecule has 1 amide bonds. The lowest BCUT2D eigenvalue weighted by molar-refractivity contribution is -0.122. The maximum Gasteiger partial charge on any atom is 0.226 e. The van der Waals surface area contributed by atoms with Gasteiger partial charge in [0.15, 0.2) is 5.58 Å². The molecule has 0 saturated carbocycles. The first kappa shape index (κ1) is 17.5. The molecule has 1 aromatic heterocycles. The molecule has 2 aromatic rings. The van der Waals surface area contributed by atoms with Gasteiger partial charge < -0.3 is 15.6 Å². The number of rotatable bonds is 6. The number of carbonyl (C=O) groups is 1. The Kier molecular flexibility index (Phi) is 6.18. The Morgan fingerprint density at radius 2 is 2.00 bits per heavy atom. The third kappa shape index (κ3) is 3.74. The van der Waals surface area contributed by atoms with E-state index in [0.717, 1.165) is 18.2 Å². The molecule has 116 valence electrons. The Morgan fingerprint density at radius 3 is 2.62 bits per heavy atom. The highest BCUT2D eigenvalue weighted by Gasteiger charge is 2.26. The Labute approximate surface area is 130 Å². The Morgan fingerprint density at radius 1 is 1.33 bits per heavy atom. The first-order chi connectivity index (χ1) is 9.64. The van der Waals surface area contributed by atoms with Crippen LogP contribution in [0.25, 0.3) is 11.0 Å². The fourth-order valence-electron chi connectivity index (χ4n) is 2.32. The molecule has 0 atom stereocenters. The molecule has 5 nitrogen and oxygen atoms in total. The third-order valence-electron chi connectivity index (χ3n) is 3.93. The summed E-state index contributed by atoms with van der Waals surface area (Å²) in [5.74, 6) is -0.0711. The van der Waals surface area contributed by atoms with Crippen LogP contribution >= 0.6 is 12.4 Å². The molecule has 6 heteroatoms. The summed E-state index contributed by atoms with van der Waals surface area (Å²) in [6.45, 7) is 4.50. The number of nitrogens with two attached hydrogens (primary N) is 1. The van der Waals surface area contributed by atoms with E-state index >= 15 is 0 Å². The second kappa shape index (κ2) is 7.43. The number of hydrogen-bond acceptors (Lipinski definition) is 4. The minimum Gasteiger partial charge on any atom is -0.356 e. The molecule has 0 bridgehead atoms. The molecule has 21 heavy (non-hydrogen) atoms. The highest BCUT2D eigenvalue weighted by atomic mass is 35.5. The molecule has 2 rings (SSSR count). The molecule has 0 saturated heterocycles. The van der Waals surface area contributed by atoms with Crippen LogP contribution in [0.2, 0.25) is 0 Å². The average molecular weight is 312 g/mol. The number of amides is 1. The zero-order valence-electron chi connectivity index (χ0n) is 12.4. The predicted octanol–water partition coefficient (Wildman–Crippen LogP) is 2.43. The van der Waals surface area contributed by atoms with Crippen LogP contribution in [0.5, 0.6) is 0 Å². The molecular weight excluding hydrogens is 290 g/mol. The largest absolute Gasteiger partial charge is 0.356 e. The molecule has 1 heterocycles. The SMILES string of the molecule is CCC(CC)(CN)NC(=O)Cc1noc2ccccc12.Cl. The number of nitrogens with one attached hydrogen (secondary N) is 1. The number of halogens is 1. The van der Waals surface area contributed by atoms with Gasteiger partial charge in [-0.3, -0.25) is 4.79 Å². The topological polar surface area (TPSA) is 81.1 Å². The van der Waals surface area contributed by atoms with Gasteiger partial charge >= 0.3 is 0 Å². The summed E-state index contributed by atoms with van der Waals surface area (Å²) in [6.07, 6.45) is 1.83. The number of fused-ring (bicyclic) bond motifs is 1. The second-order valence-electron chi connectivity index (χ2n) is 5.04. The van der Waals surface area contributed by atoms with Crippen molar-refractivity contribution in [1.29, 1.82) is 0 Å². The minimum atomic E-state index is -0.323. The monoisotopic (exact) mass is 311 g/mol. The smallest absolute Gasteiger partial charge is 0.226 e. The maximum atomic E-state index is 12.2. The van der Waals surface area contributed by atoms with Crippen molar-refractivity contribution >= 4 is 29.3 Å². The summed E-state index contributed by atoms with van der Waals surface area (Å²) in [7, 11) is 0. The molecule has 1 aromatic carbocycles. The first-order valence-corrected chi connectivity index (χ1v) is 6.98. The van der Waals surface area contributed by atoms with Gasteiger partial charge in [-0.25, -0.2) is 0 Å². The third-order valence-corrected chi connectivity index (χ3v) is 3.93. The highest BCUT2D eigenvalue weighted by molar-refractivity contribution is 5.86. The summed E-state index contributed by atoms with van der Waals surface area (Å²) in [6, 6.07) is 7.53. The molecule has 0 spiro atoms. The van der Waals surface area contributed by atoms with E-state index in [-0.39, 0.29) is 30.3 Å². The first-order valence-electron chi connectivity index (χ1n) is 6.98. The molecule has 0 fully saturated rings. The van der Waals surface area contributed by atoms with Crippen molar-refractivity contribution < 1.29 is 9.32 Å². The molecule has 0 radical (unpaired) electrons. The molecule has 0 unspecified atom stereocenters. The lowest BCUT2D eigenvalue weighted by Crippen LogP contribution is -2.53. The van der Waals surface area contributed by atoms with Crippen LogP contribution in [0.4, 0.5) is 0 Å². The van der Waals surface area contributed by atoms with Crippen molar-refractivity contribution in [2.45, 2.75) is 38.6 Å². The number of nitrogens with zero attached hydrogens (tertiary/aromatic N) is 1. The van der Waals surface area contributed by atoms with E-state index in [1.54, 1.807) is 0 Å². The van der Waals surface area contributed by atoms with Gasteiger partial charge in [-0.05, 0) is 25.0 Å². The zero-order chi connectivity index (χ0) is 14.6. The van der Waals surface area contributed by atoms with Crippen LogP contribution in [-0.4, -0.2) is 23.1 Å². The van der Waals surface area contributed by atoms with Crippen molar-refractivity contribution in [3.05, 3.63) is 30.0 Å². The van der Waals surface area contributed by atoms with E-state index in [1.807, 2.05) is 38.1 Å². The van der Waals surface area contributed by atoms with Crippen LogP contribution in [0.1, 0.15) is 32.4 Å². The van der Waals surface area contributed by atoms with Gasteiger partial charge in [-0.2, -0.15) is 0 Å². The highest BCUT2D eigenvalue weighted by Crippen LogP contribution is 2.19. The van der Waals surface area contributed by atoms with Gasteiger partial charge in [-0.15, -0.1) is 12.4 Å². The molecule has 3 N–H and O–H groups in total. The molecular formula is C15H22ClN3O2. The molecule has 0 aliphatic rings. The van der Waals surface area contributed by atoms with Gasteiger partial charge in [0.1, 0.15) is 5.69 Å². The van der Waals surface area contributed by atoms with Crippen LogP contribution < -0.4 is 11.1 Å². The zero-order valence-corrected chi connectivity index (χ0v) is 13.2. The number of carbonyl (C=O) groups excluding carboxylic acids is 1. The lowest BCUT2D eigenvalue weighted by atomic mass is 9.92. The quantitative estimate of drug-likeness (QED) is 0.858. The average Bonchev–Trinajstić information content (AvgIpc) is 2.88. The number of aromatic nitrogens is 1. The van der Waals surface area contributed by atoms with Gasteiger partial charge in [0.05, 0.1) is 12.0 Å². The van der Waals surface area contributed by atoms with E-state index in [9.17, 15) is 4.79 Å². The van der Waals surface area contributed by atoms with Crippen molar-refractivity contribution in [3.63, 3.8) is 0 Å². The Balaban J connectivity index is 0.00000220. The van der Waals surface area contributed by atoms with E-state index < -0.39 is 0 Å². The van der Waals surface area contributed by atoms with E-state index in [0.29, 0.717) is 17.8 Å². The van der Waals surface area contributed by atoms with Crippen LogP contribution in [-0.2, 0) is 11.2 Å². The normalized spacial score (nSPS) is 11.2. The minimum absolute atomic E-state index is 0. The van der Waals surface area contributed by atoms with Crippen molar-refractivity contribution in [2.24, 2.45) is 5.73 Å². The van der Waals surface area contributed by atoms with E-state index in [1.165, 1.54) is 0 Å². The fourth-order valence-corrected chi connectivity index (χ4v) is 2.32. The lowest BCUT2D eigenvalue weighted by Gasteiger charge is -2.31.